The van der Waals surface area contributed by atoms with Crippen molar-refractivity contribution >= 4 is 43.9 Å². The van der Waals surface area contributed by atoms with Crippen molar-refractivity contribution in [2.24, 2.45) is 0 Å². The lowest BCUT2D eigenvalue weighted by molar-refractivity contribution is -0.385. The van der Waals surface area contributed by atoms with Gasteiger partial charge in [0, 0.05) is 15.5 Å². The molecule has 0 saturated carbocycles. The van der Waals surface area contributed by atoms with Gasteiger partial charge in [-0.3, -0.25) is 14.9 Å². The molecule has 2 N–H and O–H groups in total. The van der Waals surface area contributed by atoms with Crippen molar-refractivity contribution in [2.75, 3.05) is 12.4 Å². The van der Waals surface area contributed by atoms with Crippen LogP contribution in [0.15, 0.2) is 51.7 Å². The van der Waals surface area contributed by atoms with Crippen molar-refractivity contribution in [3.63, 3.8) is 0 Å². The summed E-state index contributed by atoms with van der Waals surface area (Å²) in [6.45, 7) is 0. The second-order valence-corrected chi connectivity index (χ2v) is 5.90. The molecule has 2 aromatic carbocycles. The minimum Gasteiger partial charge on any atom is -0.497 e. The van der Waals surface area contributed by atoms with E-state index in [1.807, 2.05) is 6.07 Å². The molecule has 1 heterocycles. The number of hydrogen-bond donors (Lipinski definition) is 2. The third kappa shape index (κ3) is 2.95. The van der Waals surface area contributed by atoms with Gasteiger partial charge in [0.05, 0.1) is 17.5 Å². The minimum atomic E-state index is -0.768. The SMILES string of the molecule is COc1ccc2[nH]c(=O)c([N+](=O)[O-])c(Nc3cccc(Br)c3)c2c1. The maximum absolute atomic E-state index is 12.1. The first kappa shape index (κ1) is 16.0. The molecule has 122 valence electrons. The number of halogens is 1. The topological polar surface area (TPSA) is 97.3 Å². The van der Waals surface area contributed by atoms with Crippen LogP contribution in [0.4, 0.5) is 17.1 Å². The average Bonchev–Trinajstić information content (AvgIpc) is 2.54. The fraction of sp³-hybridized carbons (Fsp3) is 0.0625. The molecular formula is C16H12BrN3O4. The molecule has 3 rings (SSSR count). The standard InChI is InChI=1S/C16H12BrN3O4/c1-24-11-5-6-13-12(8-11)14(15(20(22)23)16(21)19-13)18-10-4-2-3-9(17)7-10/h2-8H,1H3,(H2,18,19,21). The molecule has 0 fully saturated rings. The van der Waals surface area contributed by atoms with Crippen LogP contribution in [-0.2, 0) is 0 Å². The zero-order chi connectivity index (χ0) is 17.3. The van der Waals surface area contributed by atoms with Crippen molar-refractivity contribution in [3.8, 4) is 5.75 Å². The van der Waals surface area contributed by atoms with E-state index in [0.717, 1.165) is 4.47 Å². The molecule has 0 aliphatic carbocycles. The lowest BCUT2D eigenvalue weighted by Gasteiger charge is -2.11. The van der Waals surface area contributed by atoms with E-state index in [4.69, 9.17) is 4.74 Å². The second kappa shape index (κ2) is 6.32. The predicted molar refractivity (Wildman–Crippen MR) is 95.2 cm³/mol. The molecule has 0 radical (unpaired) electrons. The van der Waals surface area contributed by atoms with E-state index in [1.54, 1.807) is 36.4 Å². The molecule has 24 heavy (non-hydrogen) atoms. The van der Waals surface area contributed by atoms with E-state index >= 15 is 0 Å². The molecule has 0 spiro atoms. The summed E-state index contributed by atoms with van der Waals surface area (Å²) in [6.07, 6.45) is 0. The summed E-state index contributed by atoms with van der Waals surface area (Å²) in [4.78, 5) is 25.4. The number of benzene rings is 2. The summed E-state index contributed by atoms with van der Waals surface area (Å²) in [5, 5.41) is 14.9. The molecule has 7 nitrogen and oxygen atoms in total. The van der Waals surface area contributed by atoms with Gasteiger partial charge in [-0.2, -0.15) is 0 Å². The van der Waals surface area contributed by atoms with Gasteiger partial charge in [0.2, 0.25) is 0 Å². The number of ether oxygens (including phenoxy) is 1. The molecule has 0 saturated heterocycles. The Labute approximate surface area is 144 Å². The Bertz CT molecular complexity index is 1000. The Morgan fingerprint density at radius 2 is 2.04 bits per heavy atom. The van der Waals surface area contributed by atoms with Gasteiger partial charge in [-0.15, -0.1) is 0 Å². The van der Waals surface area contributed by atoms with Gasteiger partial charge >= 0.3 is 11.2 Å². The molecule has 0 aliphatic rings. The summed E-state index contributed by atoms with van der Waals surface area (Å²) in [5.74, 6) is 0.529. The summed E-state index contributed by atoms with van der Waals surface area (Å²) in [6, 6.07) is 12.1. The van der Waals surface area contributed by atoms with Crippen LogP contribution < -0.4 is 15.6 Å². The number of methoxy groups -OCH3 is 1. The van der Waals surface area contributed by atoms with Crippen LogP contribution in [0, 0.1) is 10.1 Å². The quantitative estimate of drug-likeness (QED) is 0.519. The van der Waals surface area contributed by atoms with Crippen LogP contribution in [-0.4, -0.2) is 17.0 Å². The smallest absolute Gasteiger partial charge is 0.357 e. The maximum atomic E-state index is 12.1. The molecule has 0 aliphatic heterocycles. The Hall–Kier alpha value is -2.87. The molecule has 0 unspecified atom stereocenters. The first-order valence-corrected chi connectivity index (χ1v) is 7.70. The molecule has 3 aromatic rings. The number of aromatic nitrogens is 1. The van der Waals surface area contributed by atoms with Gasteiger partial charge < -0.3 is 15.0 Å². The molecule has 0 bridgehead atoms. The highest BCUT2D eigenvalue weighted by molar-refractivity contribution is 9.10. The van der Waals surface area contributed by atoms with Gasteiger partial charge in [0.1, 0.15) is 11.4 Å². The number of anilines is 2. The third-order valence-corrected chi connectivity index (χ3v) is 3.97. The monoisotopic (exact) mass is 389 g/mol. The van der Waals surface area contributed by atoms with E-state index in [0.29, 0.717) is 22.3 Å². The highest BCUT2D eigenvalue weighted by atomic mass is 79.9. The second-order valence-electron chi connectivity index (χ2n) is 4.98. The highest BCUT2D eigenvalue weighted by Gasteiger charge is 2.23. The summed E-state index contributed by atoms with van der Waals surface area (Å²) >= 11 is 3.35. The Balaban J connectivity index is 2.30. The zero-order valence-electron chi connectivity index (χ0n) is 12.5. The predicted octanol–water partition coefficient (Wildman–Crippen LogP) is 3.95. The van der Waals surface area contributed by atoms with Gasteiger partial charge in [-0.25, -0.2) is 0 Å². The Morgan fingerprint density at radius 1 is 1.25 bits per heavy atom. The highest BCUT2D eigenvalue weighted by Crippen LogP contribution is 2.34. The number of hydrogen-bond acceptors (Lipinski definition) is 5. The molecule has 1 aromatic heterocycles. The fourth-order valence-electron chi connectivity index (χ4n) is 2.40. The van der Waals surface area contributed by atoms with Crippen LogP contribution in [0.5, 0.6) is 5.75 Å². The average molecular weight is 390 g/mol. The van der Waals surface area contributed by atoms with Crippen molar-refractivity contribution < 1.29 is 9.66 Å². The van der Waals surface area contributed by atoms with E-state index in [1.165, 1.54) is 7.11 Å². The van der Waals surface area contributed by atoms with Crippen LogP contribution >= 0.6 is 15.9 Å². The summed E-state index contributed by atoms with van der Waals surface area (Å²) in [7, 11) is 1.50. The Morgan fingerprint density at radius 3 is 2.71 bits per heavy atom. The number of nitro groups is 1. The third-order valence-electron chi connectivity index (χ3n) is 3.47. The van der Waals surface area contributed by atoms with Crippen molar-refractivity contribution in [1.82, 2.24) is 4.98 Å². The van der Waals surface area contributed by atoms with Crippen LogP contribution in [0.3, 0.4) is 0 Å². The molecular weight excluding hydrogens is 378 g/mol. The van der Waals surface area contributed by atoms with Gasteiger partial charge in [-0.1, -0.05) is 22.0 Å². The van der Waals surface area contributed by atoms with Gasteiger partial charge in [0.15, 0.2) is 0 Å². The number of pyridine rings is 1. The van der Waals surface area contributed by atoms with Crippen molar-refractivity contribution in [1.29, 1.82) is 0 Å². The molecule has 0 atom stereocenters. The van der Waals surface area contributed by atoms with E-state index in [-0.39, 0.29) is 5.69 Å². The maximum Gasteiger partial charge on any atom is 0.357 e. The molecule has 0 amide bonds. The van der Waals surface area contributed by atoms with E-state index < -0.39 is 16.2 Å². The minimum absolute atomic E-state index is 0.121. The number of fused-ring (bicyclic) bond motifs is 1. The Kier molecular flexibility index (Phi) is 4.22. The van der Waals surface area contributed by atoms with Crippen molar-refractivity contribution in [3.05, 3.63) is 67.4 Å². The first-order valence-electron chi connectivity index (χ1n) is 6.90. The van der Waals surface area contributed by atoms with E-state index in [9.17, 15) is 14.9 Å². The zero-order valence-corrected chi connectivity index (χ0v) is 14.1. The van der Waals surface area contributed by atoms with Crippen LogP contribution in [0.25, 0.3) is 10.9 Å². The number of aromatic amines is 1. The van der Waals surface area contributed by atoms with Crippen molar-refractivity contribution in [2.45, 2.75) is 0 Å². The van der Waals surface area contributed by atoms with Crippen LogP contribution in [0.1, 0.15) is 0 Å². The number of rotatable bonds is 4. The largest absolute Gasteiger partial charge is 0.497 e. The summed E-state index contributed by atoms with van der Waals surface area (Å²) in [5.41, 5.74) is -0.104. The molecule has 8 heteroatoms. The normalized spacial score (nSPS) is 10.6. The number of nitrogens with zero attached hydrogens (tertiary/aromatic N) is 1. The number of H-pyrrole nitrogens is 1. The van der Waals surface area contributed by atoms with E-state index in [2.05, 4.69) is 26.2 Å². The summed E-state index contributed by atoms with van der Waals surface area (Å²) < 4.78 is 5.99. The first-order chi connectivity index (χ1) is 11.5. The lowest BCUT2D eigenvalue weighted by atomic mass is 10.1. The lowest BCUT2D eigenvalue weighted by Crippen LogP contribution is -2.14. The van der Waals surface area contributed by atoms with Gasteiger partial charge in [0.25, 0.3) is 0 Å². The number of nitrogens with one attached hydrogen (secondary N) is 2. The van der Waals surface area contributed by atoms with Crippen LogP contribution in [0.2, 0.25) is 0 Å². The fourth-order valence-corrected chi connectivity index (χ4v) is 2.80. The van der Waals surface area contributed by atoms with Gasteiger partial charge in [-0.05, 0) is 36.4 Å².